The van der Waals surface area contributed by atoms with Crippen molar-refractivity contribution in [2.75, 3.05) is 0 Å². The number of aromatic nitrogens is 1. The predicted octanol–water partition coefficient (Wildman–Crippen LogP) is 8.16. The molecule has 2 aromatic carbocycles. The molecule has 1 nitrogen and oxygen atoms in total. The van der Waals surface area contributed by atoms with Crippen molar-refractivity contribution in [1.82, 2.24) is 4.98 Å². The number of benzene rings is 2. The van der Waals surface area contributed by atoms with E-state index >= 15 is 0 Å². The monoisotopic (exact) mass is 433 g/mol. The van der Waals surface area contributed by atoms with E-state index in [4.69, 9.17) is 0 Å². The number of nitrogens with zero attached hydrogens (tertiary/aromatic N) is 1. The summed E-state index contributed by atoms with van der Waals surface area (Å²) in [7, 11) is 0. The molecule has 4 rings (SSSR count). The molecule has 3 aromatic rings. The predicted molar refractivity (Wildman–Crippen MR) is 123 cm³/mol. The van der Waals surface area contributed by atoms with Crippen molar-refractivity contribution in [2.45, 2.75) is 57.8 Å². The Balaban J connectivity index is 1.93. The van der Waals surface area contributed by atoms with E-state index < -0.39 is 0 Å². The van der Waals surface area contributed by atoms with Crippen molar-refractivity contribution in [3.8, 4) is 22.4 Å². The second-order valence-electron chi connectivity index (χ2n) is 7.95. The first kappa shape index (κ1) is 19.4. The summed E-state index contributed by atoms with van der Waals surface area (Å²) in [6, 6.07) is 20.0. The van der Waals surface area contributed by atoms with Gasteiger partial charge in [-0.25, -0.2) is 0 Å². The fraction of sp³-hybridized carbons (Fsp3) is 0.346. The smallest absolute Gasteiger partial charge is 0.0702 e. The van der Waals surface area contributed by atoms with Crippen LogP contribution in [-0.4, -0.2) is 4.98 Å². The van der Waals surface area contributed by atoms with Gasteiger partial charge in [0.2, 0.25) is 0 Å². The first-order valence-electron chi connectivity index (χ1n) is 10.6. The third-order valence-corrected chi connectivity index (χ3v) is 6.69. The van der Waals surface area contributed by atoms with Crippen LogP contribution >= 0.6 is 15.9 Å². The highest BCUT2D eigenvalue weighted by Crippen LogP contribution is 2.55. The number of pyridine rings is 1. The van der Waals surface area contributed by atoms with Crippen LogP contribution in [0.5, 0.6) is 0 Å². The van der Waals surface area contributed by atoms with E-state index in [0.29, 0.717) is 0 Å². The summed E-state index contributed by atoms with van der Waals surface area (Å²) in [4.78, 5) is 4.60. The van der Waals surface area contributed by atoms with Gasteiger partial charge >= 0.3 is 0 Å². The van der Waals surface area contributed by atoms with Gasteiger partial charge in [-0.05, 0) is 65.4 Å². The zero-order chi connectivity index (χ0) is 19.6. The maximum atomic E-state index is 4.60. The second-order valence-corrected chi connectivity index (χ2v) is 8.87. The van der Waals surface area contributed by atoms with Gasteiger partial charge in [-0.3, -0.25) is 4.98 Å². The molecular weight excluding hydrogens is 406 g/mol. The Labute approximate surface area is 177 Å². The summed E-state index contributed by atoms with van der Waals surface area (Å²) in [5.74, 6) is 0. The average Bonchev–Trinajstić information content (AvgIpc) is 3.00. The van der Waals surface area contributed by atoms with Gasteiger partial charge in [-0.15, -0.1) is 0 Å². The van der Waals surface area contributed by atoms with Crippen LogP contribution in [0.4, 0.5) is 0 Å². The summed E-state index contributed by atoms with van der Waals surface area (Å²) in [6.07, 6.45) is 9.28. The molecule has 0 radical (unpaired) electrons. The van der Waals surface area contributed by atoms with Gasteiger partial charge in [-0.1, -0.05) is 79.7 Å². The molecule has 1 aliphatic carbocycles. The zero-order valence-corrected chi connectivity index (χ0v) is 18.4. The molecule has 1 aromatic heterocycles. The van der Waals surface area contributed by atoms with Crippen molar-refractivity contribution in [1.29, 1.82) is 0 Å². The van der Waals surface area contributed by atoms with Crippen LogP contribution in [0.25, 0.3) is 22.4 Å². The van der Waals surface area contributed by atoms with Crippen molar-refractivity contribution >= 4 is 15.9 Å². The largest absolute Gasteiger partial charge is 0.256 e. The van der Waals surface area contributed by atoms with Gasteiger partial charge < -0.3 is 0 Å². The summed E-state index contributed by atoms with van der Waals surface area (Å²) >= 11 is 3.74. The highest BCUT2D eigenvalue weighted by Gasteiger charge is 2.42. The van der Waals surface area contributed by atoms with E-state index in [1.54, 1.807) is 0 Å². The molecule has 0 spiro atoms. The lowest BCUT2D eigenvalue weighted by Crippen LogP contribution is -2.25. The minimum absolute atomic E-state index is 0.116. The van der Waals surface area contributed by atoms with Crippen LogP contribution in [0.15, 0.2) is 65.3 Å². The Morgan fingerprint density at radius 3 is 2.14 bits per heavy atom. The van der Waals surface area contributed by atoms with Crippen LogP contribution in [-0.2, 0) is 5.41 Å². The molecule has 0 bridgehead atoms. The van der Waals surface area contributed by atoms with Gasteiger partial charge in [0.15, 0.2) is 0 Å². The number of hydrogen-bond donors (Lipinski definition) is 0. The normalized spacial score (nSPS) is 14.0. The number of unbranched alkanes of at least 4 members (excludes halogenated alkanes) is 2. The van der Waals surface area contributed by atoms with Crippen molar-refractivity contribution in [3.05, 3.63) is 76.4 Å². The molecule has 0 amide bonds. The number of fused-ring (bicyclic) bond motifs is 3. The first-order chi connectivity index (χ1) is 13.7. The van der Waals surface area contributed by atoms with Crippen molar-refractivity contribution in [3.63, 3.8) is 0 Å². The van der Waals surface area contributed by atoms with Crippen LogP contribution in [0, 0.1) is 0 Å². The van der Waals surface area contributed by atoms with Gasteiger partial charge in [-0.2, -0.15) is 0 Å². The molecule has 144 valence electrons. The molecular formula is C26H28BrN. The van der Waals surface area contributed by atoms with Crippen molar-refractivity contribution < 1.29 is 0 Å². The van der Waals surface area contributed by atoms with E-state index in [2.05, 4.69) is 83.3 Å². The molecule has 0 saturated carbocycles. The van der Waals surface area contributed by atoms with Crippen LogP contribution in [0.1, 0.15) is 63.5 Å². The molecule has 0 atom stereocenters. The Morgan fingerprint density at radius 2 is 1.50 bits per heavy atom. The molecule has 2 heteroatoms. The molecule has 0 N–H and O–H groups in total. The minimum Gasteiger partial charge on any atom is -0.256 e. The number of hydrogen-bond acceptors (Lipinski definition) is 1. The quantitative estimate of drug-likeness (QED) is 0.366. The van der Waals surface area contributed by atoms with Crippen LogP contribution in [0.2, 0.25) is 0 Å². The maximum absolute atomic E-state index is 4.60. The average molecular weight is 434 g/mol. The molecule has 0 unspecified atom stereocenters. The fourth-order valence-corrected chi connectivity index (χ4v) is 5.14. The van der Waals surface area contributed by atoms with Crippen LogP contribution in [0.3, 0.4) is 0 Å². The lowest BCUT2D eigenvalue weighted by Gasteiger charge is -2.33. The second kappa shape index (κ2) is 8.21. The van der Waals surface area contributed by atoms with E-state index in [-0.39, 0.29) is 5.41 Å². The summed E-state index contributed by atoms with van der Waals surface area (Å²) in [5.41, 5.74) is 8.24. The van der Waals surface area contributed by atoms with Gasteiger partial charge in [0.1, 0.15) is 0 Å². The van der Waals surface area contributed by atoms with Gasteiger partial charge in [0.05, 0.1) is 5.69 Å². The third kappa shape index (κ3) is 3.33. The Kier molecular flexibility index (Phi) is 5.68. The summed E-state index contributed by atoms with van der Waals surface area (Å²) in [5, 5.41) is 0. The summed E-state index contributed by atoms with van der Waals surface area (Å²) in [6.45, 7) is 4.60. The lowest BCUT2D eigenvalue weighted by molar-refractivity contribution is 0.414. The van der Waals surface area contributed by atoms with Crippen LogP contribution < -0.4 is 0 Å². The van der Waals surface area contributed by atoms with E-state index in [9.17, 15) is 0 Å². The fourth-order valence-electron chi connectivity index (χ4n) is 4.78. The first-order valence-corrected chi connectivity index (χ1v) is 11.3. The van der Waals surface area contributed by atoms with E-state index in [1.807, 2.05) is 12.3 Å². The molecule has 0 aliphatic heterocycles. The van der Waals surface area contributed by atoms with Crippen molar-refractivity contribution in [2.24, 2.45) is 0 Å². The zero-order valence-electron chi connectivity index (χ0n) is 16.8. The number of rotatable bonds is 7. The lowest BCUT2D eigenvalue weighted by atomic mass is 9.70. The van der Waals surface area contributed by atoms with Gasteiger partial charge in [0, 0.05) is 21.6 Å². The molecule has 28 heavy (non-hydrogen) atoms. The molecule has 1 heterocycles. The SMILES string of the molecule is CCCCC1(CCCC)c2cc(Br)ccc2-c2ccc(-c3ccccn3)cc21. The molecule has 0 saturated heterocycles. The minimum atomic E-state index is 0.116. The Morgan fingerprint density at radius 1 is 0.821 bits per heavy atom. The molecule has 0 fully saturated rings. The third-order valence-electron chi connectivity index (χ3n) is 6.20. The number of halogens is 1. The highest BCUT2D eigenvalue weighted by atomic mass is 79.9. The van der Waals surface area contributed by atoms with E-state index in [0.717, 1.165) is 5.69 Å². The maximum Gasteiger partial charge on any atom is 0.0702 e. The topological polar surface area (TPSA) is 12.9 Å². The summed E-state index contributed by atoms with van der Waals surface area (Å²) < 4.78 is 1.18. The Hall–Kier alpha value is -1.93. The Bertz CT molecular complexity index is 953. The molecule has 1 aliphatic rings. The highest BCUT2D eigenvalue weighted by molar-refractivity contribution is 9.10. The van der Waals surface area contributed by atoms with Gasteiger partial charge in [0.25, 0.3) is 0 Å². The van der Waals surface area contributed by atoms with E-state index in [1.165, 1.54) is 70.8 Å². The standard InChI is InChI=1S/C26H28BrN/c1-3-5-14-26(15-6-4-2)23-17-19(25-9-7-8-16-28-25)10-12-21(23)22-13-11-20(27)18-24(22)26/h7-13,16-18H,3-6,14-15H2,1-2H3.